The van der Waals surface area contributed by atoms with Crippen molar-refractivity contribution in [1.29, 1.82) is 0 Å². The van der Waals surface area contributed by atoms with Crippen molar-refractivity contribution in [3.8, 4) is 0 Å². The fourth-order valence-electron chi connectivity index (χ4n) is 2.92. The summed E-state index contributed by atoms with van der Waals surface area (Å²) >= 11 is 5.82. The molecule has 3 nitrogen and oxygen atoms in total. The van der Waals surface area contributed by atoms with Crippen molar-refractivity contribution in [1.82, 2.24) is 9.88 Å². The fraction of sp³-hybridized carbons (Fsp3) is 0.643. The predicted molar refractivity (Wildman–Crippen MR) is 73.7 cm³/mol. The van der Waals surface area contributed by atoms with E-state index in [1.165, 1.54) is 6.42 Å². The summed E-state index contributed by atoms with van der Waals surface area (Å²) in [6.45, 7) is 0.902. The van der Waals surface area contributed by atoms with Crippen LogP contribution in [0.2, 0.25) is 5.15 Å². The first-order valence-electron chi connectivity index (χ1n) is 6.51. The van der Waals surface area contributed by atoms with Crippen molar-refractivity contribution >= 4 is 11.6 Å². The van der Waals surface area contributed by atoms with Gasteiger partial charge in [0.05, 0.1) is 5.60 Å². The van der Waals surface area contributed by atoms with Crippen molar-refractivity contribution in [2.24, 2.45) is 5.92 Å². The first kappa shape index (κ1) is 13.8. The lowest BCUT2D eigenvalue weighted by molar-refractivity contribution is -0.0620. The summed E-state index contributed by atoms with van der Waals surface area (Å²) < 4.78 is 0. The van der Waals surface area contributed by atoms with Gasteiger partial charge in [0.2, 0.25) is 0 Å². The van der Waals surface area contributed by atoms with Gasteiger partial charge in [-0.15, -0.1) is 0 Å². The van der Waals surface area contributed by atoms with Crippen LogP contribution in [0.4, 0.5) is 0 Å². The largest absolute Gasteiger partial charge is 0.385 e. The summed E-state index contributed by atoms with van der Waals surface area (Å²) in [5.41, 5.74) is 0.151. The quantitative estimate of drug-likeness (QED) is 0.857. The molecule has 1 fully saturated rings. The molecule has 0 spiro atoms. The van der Waals surface area contributed by atoms with E-state index in [0.29, 0.717) is 5.15 Å². The van der Waals surface area contributed by atoms with E-state index in [1.54, 1.807) is 12.3 Å². The molecule has 1 aliphatic carbocycles. The molecule has 0 amide bonds. The van der Waals surface area contributed by atoms with Gasteiger partial charge in [-0.3, -0.25) is 0 Å². The molecule has 1 aromatic rings. The van der Waals surface area contributed by atoms with Crippen molar-refractivity contribution in [3.63, 3.8) is 0 Å². The maximum atomic E-state index is 11.0. The van der Waals surface area contributed by atoms with E-state index in [-0.39, 0.29) is 5.92 Å². The van der Waals surface area contributed by atoms with Crippen molar-refractivity contribution < 1.29 is 5.11 Å². The number of halogens is 1. The Morgan fingerprint density at radius 3 is 2.83 bits per heavy atom. The highest BCUT2D eigenvalue weighted by Gasteiger charge is 2.40. The second kappa shape index (κ2) is 5.55. The monoisotopic (exact) mass is 268 g/mol. The first-order valence-corrected chi connectivity index (χ1v) is 6.89. The average Bonchev–Trinajstić information content (AvgIpc) is 2.32. The standard InChI is InChI=1S/C14H21ClN2O/c1-17(2)10-12-5-3-4-8-14(12,18)11-6-7-13(15)16-9-11/h6-7,9,12,18H,3-5,8,10H2,1-2H3. The van der Waals surface area contributed by atoms with Gasteiger partial charge in [-0.05, 0) is 33.0 Å². The Hall–Kier alpha value is -0.640. The maximum absolute atomic E-state index is 11.0. The van der Waals surface area contributed by atoms with E-state index in [9.17, 15) is 5.11 Å². The van der Waals surface area contributed by atoms with Crippen LogP contribution < -0.4 is 0 Å². The topological polar surface area (TPSA) is 36.4 Å². The zero-order chi connectivity index (χ0) is 13.2. The third-order valence-electron chi connectivity index (χ3n) is 3.85. The van der Waals surface area contributed by atoms with E-state index in [4.69, 9.17) is 11.6 Å². The van der Waals surface area contributed by atoms with Crippen LogP contribution in [-0.2, 0) is 5.60 Å². The minimum Gasteiger partial charge on any atom is -0.385 e. The molecule has 1 N–H and O–H groups in total. The second-order valence-electron chi connectivity index (χ2n) is 5.50. The summed E-state index contributed by atoms with van der Waals surface area (Å²) in [6, 6.07) is 3.67. The molecule has 1 heterocycles. The van der Waals surface area contributed by atoms with Gasteiger partial charge in [0.1, 0.15) is 5.15 Å². The van der Waals surface area contributed by atoms with Crippen LogP contribution >= 0.6 is 11.6 Å². The van der Waals surface area contributed by atoms with Crippen molar-refractivity contribution in [3.05, 3.63) is 29.0 Å². The third kappa shape index (κ3) is 2.85. The van der Waals surface area contributed by atoms with E-state index in [2.05, 4.69) is 24.0 Å². The lowest BCUT2D eigenvalue weighted by atomic mass is 9.71. The van der Waals surface area contributed by atoms with Gasteiger partial charge < -0.3 is 10.0 Å². The Morgan fingerprint density at radius 1 is 1.44 bits per heavy atom. The molecule has 0 radical (unpaired) electrons. The molecule has 2 unspecified atom stereocenters. The van der Waals surface area contributed by atoms with Gasteiger partial charge >= 0.3 is 0 Å². The van der Waals surface area contributed by atoms with Crippen LogP contribution in [0.3, 0.4) is 0 Å². The number of aromatic nitrogens is 1. The molecule has 1 saturated carbocycles. The van der Waals surface area contributed by atoms with Crippen LogP contribution in [0.25, 0.3) is 0 Å². The summed E-state index contributed by atoms with van der Waals surface area (Å²) in [7, 11) is 4.10. The highest BCUT2D eigenvalue weighted by atomic mass is 35.5. The molecule has 0 aromatic carbocycles. The molecule has 1 aliphatic rings. The van der Waals surface area contributed by atoms with Crippen LogP contribution in [0.15, 0.2) is 18.3 Å². The molecule has 0 aliphatic heterocycles. The Labute approximate surface area is 114 Å². The Balaban J connectivity index is 2.26. The molecular formula is C14H21ClN2O. The van der Waals surface area contributed by atoms with E-state index < -0.39 is 5.60 Å². The van der Waals surface area contributed by atoms with E-state index >= 15 is 0 Å². The smallest absolute Gasteiger partial charge is 0.129 e. The Kier molecular flexibility index (Phi) is 4.25. The number of hydrogen-bond donors (Lipinski definition) is 1. The Bertz CT molecular complexity index is 393. The second-order valence-corrected chi connectivity index (χ2v) is 5.89. The summed E-state index contributed by atoms with van der Waals surface area (Å²) in [5, 5.41) is 11.5. The number of pyridine rings is 1. The molecule has 4 heteroatoms. The summed E-state index contributed by atoms with van der Waals surface area (Å²) in [6.07, 6.45) is 5.87. The maximum Gasteiger partial charge on any atom is 0.129 e. The van der Waals surface area contributed by atoms with Crippen LogP contribution in [0.1, 0.15) is 31.2 Å². The van der Waals surface area contributed by atoms with E-state index in [1.807, 2.05) is 6.07 Å². The molecule has 18 heavy (non-hydrogen) atoms. The van der Waals surface area contributed by atoms with Gasteiger partial charge in [0.25, 0.3) is 0 Å². The summed E-state index contributed by atoms with van der Waals surface area (Å²) in [5.74, 6) is 0.268. The molecule has 0 saturated heterocycles. The van der Waals surface area contributed by atoms with Gasteiger partial charge in [-0.25, -0.2) is 4.98 Å². The lowest BCUT2D eigenvalue weighted by Gasteiger charge is -2.41. The van der Waals surface area contributed by atoms with Crippen LogP contribution in [0, 0.1) is 5.92 Å². The van der Waals surface area contributed by atoms with Crippen LogP contribution in [-0.4, -0.2) is 35.6 Å². The molecule has 100 valence electrons. The van der Waals surface area contributed by atoms with E-state index in [0.717, 1.165) is 31.4 Å². The number of rotatable bonds is 3. The predicted octanol–water partition coefficient (Wildman–Crippen LogP) is 2.67. The molecular weight excluding hydrogens is 248 g/mol. The van der Waals surface area contributed by atoms with Crippen molar-refractivity contribution in [2.45, 2.75) is 31.3 Å². The van der Waals surface area contributed by atoms with Gasteiger partial charge in [-0.1, -0.05) is 30.5 Å². The molecule has 1 aromatic heterocycles. The van der Waals surface area contributed by atoms with Gasteiger partial charge in [-0.2, -0.15) is 0 Å². The van der Waals surface area contributed by atoms with Gasteiger partial charge in [0.15, 0.2) is 0 Å². The number of nitrogens with zero attached hydrogens (tertiary/aromatic N) is 2. The molecule has 2 rings (SSSR count). The van der Waals surface area contributed by atoms with Gasteiger partial charge in [0, 0.05) is 24.2 Å². The SMILES string of the molecule is CN(C)CC1CCCCC1(O)c1ccc(Cl)nc1. The zero-order valence-electron chi connectivity index (χ0n) is 11.1. The number of hydrogen-bond acceptors (Lipinski definition) is 3. The van der Waals surface area contributed by atoms with Crippen LogP contribution in [0.5, 0.6) is 0 Å². The fourth-order valence-corrected chi connectivity index (χ4v) is 3.03. The first-order chi connectivity index (χ1) is 8.52. The normalized spacial score (nSPS) is 28.6. The third-order valence-corrected chi connectivity index (χ3v) is 4.07. The minimum absolute atomic E-state index is 0.268. The highest BCUT2D eigenvalue weighted by molar-refractivity contribution is 6.29. The lowest BCUT2D eigenvalue weighted by Crippen LogP contribution is -2.43. The number of aliphatic hydroxyl groups is 1. The highest BCUT2D eigenvalue weighted by Crippen LogP contribution is 2.41. The average molecular weight is 269 g/mol. The zero-order valence-corrected chi connectivity index (χ0v) is 11.8. The van der Waals surface area contributed by atoms with Crippen molar-refractivity contribution in [2.75, 3.05) is 20.6 Å². The Morgan fingerprint density at radius 2 is 2.22 bits per heavy atom. The molecule has 0 bridgehead atoms. The summed E-state index contributed by atoms with van der Waals surface area (Å²) in [4.78, 5) is 6.25. The molecule has 2 atom stereocenters. The minimum atomic E-state index is -0.750.